The van der Waals surface area contributed by atoms with Crippen LogP contribution in [-0.2, 0) is 9.53 Å². The molecular formula is C14H26N2O3. The molecule has 1 fully saturated rings. The summed E-state index contributed by atoms with van der Waals surface area (Å²) < 4.78 is 5.08. The summed E-state index contributed by atoms with van der Waals surface area (Å²) in [5.74, 6) is 1.33. The molecule has 2 N–H and O–H groups in total. The van der Waals surface area contributed by atoms with Crippen molar-refractivity contribution in [1.29, 1.82) is 0 Å². The minimum absolute atomic E-state index is 0.0245. The van der Waals surface area contributed by atoms with Crippen molar-refractivity contribution in [2.75, 3.05) is 13.1 Å². The van der Waals surface area contributed by atoms with Gasteiger partial charge in [0, 0.05) is 19.5 Å². The number of carbonyl (C=O) groups is 2. The second-order valence-corrected chi connectivity index (χ2v) is 6.30. The SMILES string of the molecule is CC(CNC(=O)CCNC(=O)OC(C)(C)C)C1CC1. The second-order valence-electron chi connectivity index (χ2n) is 6.30. The zero-order valence-electron chi connectivity index (χ0n) is 12.4. The Bertz CT molecular complexity index is 319. The molecular weight excluding hydrogens is 244 g/mol. The van der Waals surface area contributed by atoms with E-state index in [0.717, 1.165) is 12.5 Å². The van der Waals surface area contributed by atoms with Crippen molar-refractivity contribution in [1.82, 2.24) is 10.6 Å². The molecule has 5 heteroatoms. The Hall–Kier alpha value is -1.26. The molecule has 0 aliphatic heterocycles. The maximum Gasteiger partial charge on any atom is 0.407 e. The monoisotopic (exact) mass is 270 g/mol. The van der Waals surface area contributed by atoms with Crippen molar-refractivity contribution in [3.05, 3.63) is 0 Å². The largest absolute Gasteiger partial charge is 0.444 e. The predicted molar refractivity (Wildman–Crippen MR) is 73.8 cm³/mol. The average Bonchev–Trinajstić information content (AvgIpc) is 3.06. The third-order valence-corrected chi connectivity index (χ3v) is 3.07. The van der Waals surface area contributed by atoms with Crippen LogP contribution in [0.15, 0.2) is 0 Å². The first-order chi connectivity index (χ1) is 8.78. The van der Waals surface area contributed by atoms with Gasteiger partial charge < -0.3 is 15.4 Å². The summed E-state index contributed by atoms with van der Waals surface area (Å²) in [7, 11) is 0. The lowest BCUT2D eigenvalue weighted by Gasteiger charge is -2.19. The number of carbonyl (C=O) groups excluding carboxylic acids is 2. The molecule has 1 saturated carbocycles. The highest BCUT2D eigenvalue weighted by atomic mass is 16.6. The summed E-state index contributed by atoms with van der Waals surface area (Å²) in [6, 6.07) is 0. The molecule has 19 heavy (non-hydrogen) atoms. The number of amides is 2. The molecule has 5 nitrogen and oxygen atoms in total. The van der Waals surface area contributed by atoms with Gasteiger partial charge in [0.05, 0.1) is 0 Å². The minimum atomic E-state index is -0.508. The molecule has 110 valence electrons. The van der Waals surface area contributed by atoms with E-state index in [1.807, 2.05) is 0 Å². The van der Waals surface area contributed by atoms with E-state index in [-0.39, 0.29) is 12.3 Å². The van der Waals surface area contributed by atoms with Crippen LogP contribution >= 0.6 is 0 Å². The van der Waals surface area contributed by atoms with E-state index < -0.39 is 11.7 Å². The molecule has 0 spiro atoms. The van der Waals surface area contributed by atoms with Gasteiger partial charge in [-0.1, -0.05) is 6.92 Å². The minimum Gasteiger partial charge on any atom is -0.444 e. The van der Waals surface area contributed by atoms with Gasteiger partial charge in [-0.05, 0) is 45.4 Å². The number of hydrogen-bond acceptors (Lipinski definition) is 3. The van der Waals surface area contributed by atoms with Crippen LogP contribution in [0.4, 0.5) is 4.79 Å². The van der Waals surface area contributed by atoms with Crippen LogP contribution in [-0.4, -0.2) is 30.7 Å². The summed E-state index contributed by atoms with van der Waals surface area (Å²) in [6.45, 7) is 8.61. The molecule has 0 radical (unpaired) electrons. The average molecular weight is 270 g/mol. The number of alkyl carbamates (subject to hydrolysis) is 1. The molecule has 1 unspecified atom stereocenters. The second kappa shape index (κ2) is 6.78. The van der Waals surface area contributed by atoms with Crippen LogP contribution in [0.25, 0.3) is 0 Å². The Kier molecular flexibility index (Phi) is 5.63. The molecule has 0 heterocycles. The van der Waals surface area contributed by atoms with E-state index in [1.165, 1.54) is 12.8 Å². The van der Waals surface area contributed by atoms with E-state index >= 15 is 0 Å². The van der Waals surface area contributed by atoms with Gasteiger partial charge in [0.1, 0.15) is 5.60 Å². The highest BCUT2D eigenvalue weighted by Gasteiger charge is 2.27. The third-order valence-electron chi connectivity index (χ3n) is 3.07. The van der Waals surface area contributed by atoms with Gasteiger partial charge in [-0.2, -0.15) is 0 Å². The number of ether oxygens (including phenoxy) is 1. The van der Waals surface area contributed by atoms with Crippen LogP contribution in [0, 0.1) is 11.8 Å². The van der Waals surface area contributed by atoms with Crippen molar-refractivity contribution in [2.45, 2.75) is 52.6 Å². The van der Waals surface area contributed by atoms with Crippen LogP contribution in [0.5, 0.6) is 0 Å². The Balaban J connectivity index is 2.04. The lowest BCUT2D eigenvalue weighted by atomic mass is 10.1. The molecule has 1 rings (SSSR count). The highest BCUT2D eigenvalue weighted by Crippen LogP contribution is 2.35. The molecule has 1 aliphatic carbocycles. The molecule has 2 amide bonds. The first kappa shape index (κ1) is 15.8. The molecule has 0 aromatic rings. The van der Waals surface area contributed by atoms with E-state index in [4.69, 9.17) is 4.74 Å². The molecule has 0 aromatic heterocycles. The third kappa shape index (κ3) is 7.70. The lowest BCUT2D eigenvalue weighted by molar-refractivity contribution is -0.121. The number of rotatable bonds is 6. The fourth-order valence-corrected chi connectivity index (χ4v) is 1.79. The Morgan fingerprint density at radius 3 is 2.42 bits per heavy atom. The van der Waals surface area contributed by atoms with Gasteiger partial charge in [-0.3, -0.25) is 4.79 Å². The highest BCUT2D eigenvalue weighted by molar-refractivity contribution is 5.77. The topological polar surface area (TPSA) is 67.4 Å². The Labute approximate surface area is 115 Å². The first-order valence-electron chi connectivity index (χ1n) is 7.01. The molecule has 1 atom stereocenters. The maximum atomic E-state index is 11.6. The van der Waals surface area contributed by atoms with Crippen molar-refractivity contribution in [2.24, 2.45) is 11.8 Å². The molecule has 0 aromatic carbocycles. The van der Waals surface area contributed by atoms with E-state index in [2.05, 4.69) is 17.6 Å². The summed E-state index contributed by atoms with van der Waals surface area (Å²) >= 11 is 0. The fraction of sp³-hybridized carbons (Fsp3) is 0.857. The first-order valence-corrected chi connectivity index (χ1v) is 7.01. The van der Waals surface area contributed by atoms with Crippen molar-refractivity contribution in [3.63, 3.8) is 0 Å². The van der Waals surface area contributed by atoms with E-state index in [0.29, 0.717) is 12.5 Å². The molecule has 0 saturated heterocycles. The molecule has 0 bridgehead atoms. The van der Waals surface area contributed by atoms with Crippen molar-refractivity contribution >= 4 is 12.0 Å². The van der Waals surface area contributed by atoms with Crippen molar-refractivity contribution in [3.8, 4) is 0 Å². The number of hydrogen-bond donors (Lipinski definition) is 2. The molecule has 1 aliphatic rings. The van der Waals surface area contributed by atoms with Gasteiger partial charge in [-0.15, -0.1) is 0 Å². The standard InChI is InChI=1S/C14H26N2O3/c1-10(11-5-6-11)9-16-12(17)7-8-15-13(18)19-14(2,3)4/h10-11H,5-9H2,1-4H3,(H,15,18)(H,16,17). The van der Waals surface area contributed by atoms with E-state index in [9.17, 15) is 9.59 Å². The zero-order chi connectivity index (χ0) is 14.5. The van der Waals surface area contributed by atoms with Gasteiger partial charge >= 0.3 is 6.09 Å². The summed E-state index contributed by atoms with van der Waals surface area (Å²) in [6.07, 6.45) is 2.39. The quantitative estimate of drug-likeness (QED) is 0.776. The predicted octanol–water partition coefficient (Wildman–Crippen LogP) is 2.06. The summed E-state index contributed by atoms with van der Waals surface area (Å²) in [4.78, 5) is 22.9. The number of nitrogens with one attached hydrogen (secondary N) is 2. The van der Waals surface area contributed by atoms with Crippen LogP contribution < -0.4 is 10.6 Å². The van der Waals surface area contributed by atoms with Gasteiger partial charge in [0.2, 0.25) is 5.91 Å². The zero-order valence-corrected chi connectivity index (χ0v) is 12.4. The fourth-order valence-electron chi connectivity index (χ4n) is 1.79. The van der Waals surface area contributed by atoms with Gasteiger partial charge in [0.15, 0.2) is 0 Å². The van der Waals surface area contributed by atoms with Crippen LogP contribution in [0.1, 0.15) is 47.0 Å². The van der Waals surface area contributed by atoms with Crippen LogP contribution in [0.2, 0.25) is 0 Å². The van der Waals surface area contributed by atoms with Crippen LogP contribution in [0.3, 0.4) is 0 Å². The summed E-state index contributed by atoms with van der Waals surface area (Å²) in [5.41, 5.74) is -0.508. The summed E-state index contributed by atoms with van der Waals surface area (Å²) in [5, 5.41) is 5.47. The van der Waals surface area contributed by atoms with Gasteiger partial charge in [-0.25, -0.2) is 4.79 Å². The smallest absolute Gasteiger partial charge is 0.407 e. The lowest BCUT2D eigenvalue weighted by Crippen LogP contribution is -2.36. The normalized spacial score (nSPS) is 16.6. The Morgan fingerprint density at radius 2 is 1.89 bits per heavy atom. The Morgan fingerprint density at radius 1 is 1.26 bits per heavy atom. The van der Waals surface area contributed by atoms with Gasteiger partial charge in [0.25, 0.3) is 0 Å². The maximum absolute atomic E-state index is 11.6. The van der Waals surface area contributed by atoms with Crippen molar-refractivity contribution < 1.29 is 14.3 Å². The van der Waals surface area contributed by atoms with E-state index in [1.54, 1.807) is 20.8 Å².